The Morgan fingerprint density at radius 1 is 1.08 bits per heavy atom. The van der Waals surface area contributed by atoms with Crippen LogP contribution in [-0.2, 0) is 21.2 Å². The van der Waals surface area contributed by atoms with Crippen LogP contribution in [0.25, 0.3) is 6.08 Å². The van der Waals surface area contributed by atoms with E-state index in [0.29, 0.717) is 28.6 Å². The van der Waals surface area contributed by atoms with Gasteiger partial charge in [-0.1, -0.05) is 41.4 Å². The number of hydrogen-bond donors (Lipinski definition) is 2. The van der Waals surface area contributed by atoms with Gasteiger partial charge in [0.05, 0.1) is 4.90 Å². The maximum Gasteiger partial charge on any atom is 0.244 e. The van der Waals surface area contributed by atoms with Crippen LogP contribution in [0.2, 0.25) is 10.0 Å². The standard InChI is InChI=1S/C17H16Cl2N2O3S/c18-15-2-1-3-16(19)14(15)8-9-17(22)21-11-10-12-4-6-13(7-5-12)25(20,23)24/h1-9H,10-11H2,(H,21,22)(H2,20,23,24)/b9-8+. The number of sulfonamides is 1. The Morgan fingerprint density at radius 3 is 2.24 bits per heavy atom. The van der Waals surface area contributed by atoms with Gasteiger partial charge in [-0.05, 0) is 42.3 Å². The maximum absolute atomic E-state index is 11.8. The van der Waals surface area contributed by atoms with Gasteiger partial charge < -0.3 is 5.32 Å². The van der Waals surface area contributed by atoms with Crippen molar-refractivity contribution in [3.8, 4) is 0 Å². The Hall–Kier alpha value is -1.86. The lowest BCUT2D eigenvalue weighted by molar-refractivity contribution is -0.116. The number of nitrogens with two attached hydrogens (primary N) is 1. The molecule has 0 aromatic heterocycles. The molecular weight excluding hydrogens is 383 g/mol. The Morgan fingerprint density at radius 2 is 1.68 bits per heavy atom. The lowest BCUT2D eigenvalue weighted by Crippen LogP contribution is -2.23. The normalized spacial score (nSPS) is 11.6. The molecule has 0 heterocycles. The summed E-state index contributed by atoms with van der Waals surface area (Å²) in [6, 6.07) is 11.3. The number of halogens is 2. The highest BCUT2D eigenvalue weighted by Gasteiger charge is 2.07. The quantitative estimate of drug-likeness (QED) is 0.732. The van der Waals surface area contributed by atoms with E-state index in [0.717, 1.165) is 5.56 Å². The number of carbonyl (C=O) groups is 1. The van der Waals surface area contributed by atoms with Crippen molar-refractivity contribution in [1.29, 1.82) is 0 Å². The van der Waals surface area contributed by atoms with Crippen LogP contribution in [0.4, 0.5) is 0 Å². The van der Waals surface area contributed by atoms with Gasteiger partial charge >= 0.3 is 0 Å². The van der Waals surface area contributed by atoms with Crippen LogP contribution in [0.15, 0.2) is 53.4 Å². The molecule has 0 aliphatic carbocycles. The van der Waals surface area contributed by atoms with Crippen LogP contribution < -0.4 is 10.5 Å². The summed E-state index contributed by atoms with van der Waals surface area (Å²) in [5.74, 6) is -0.280. The Kier molecular flexibility index (Phi) is 6.61. The van der Waals surface area contributed by atoms with Crippen molar-refractivity contribution >= 4 is 45.2 Å². The second-order valence-electron chi connectivity index (χ2n) is 5.20. The van der Waals surface area contributed by atoms with E-state index in [9.17, 15) is 13.2 Å². The van der Waals surface area contributed by atoms with Crippen LogP contribution >= 0.6 is 23.2 Å². The number of benzene rings is 2. The Balaban J connectivity index is 1.87. The van der Waals surface area contributed by atoms with E-state index in [2.05, 4.69) is 5.32 Å². The fourth-order valence-corrected chi connectivity index (χ4v) is 3.10. The molecule has 1 amide bonds. The molecule has 0 fully saturated rings. The molecule has 132 valence electrons. The molecule has 0 aliphatic rings. The summed E-state index contributed by atoms with van der Waals surface area (Å²) in [6.45, 7) is 0.397. The minimum atomic E-state index is -3.69. The fraction of sp³-hybridized carbons (Fsp3) is 0.118. The third-order valence-electron chi connectivity index (χ3n) is 3.37. The smallest absolute Gasteiger partial charge is 0.244 e. The highest BCUT2D eigenvalue weighted by atomic mass is 35.5. The number of rotatable bonds is 6. The van der Waals surface area contributed by atoms with E-state index in [1.807, 2.05) is 0 Å². The summed E-state index contributed by atoms with van der Waals surface area (Å²) in [7, 11) is -3.69. The van der Waals surface area contributed by atoms with Gasteiger partial charge in [0.1, 0.15) is 0 Å². The van der Waals surface area contributed by atoms with Crippen LogP contribution in [0.1, 0.15) is 11.1 Å². The molecule has 0 radical (unpaired) electrons. The highest BCUT2D eigenvalue weighted by molar-refractivity contribution is 7.89. The second-order valence-corrected chi connectivity index (χ2v) is 7.57. The van der Waals surface area contributed by atoms with Crippen molar-refractivity contribution in [3.05, 3.63) is 69.7 Å². The van der Waals surface area contributed by atoms with Crippen molar-refractivity contribution in [3.63, 3.8) is 0 Å². The van der Waals surface area contributed by atoms with Gasteiger partial charge in [0.25, 0.3) is 0 Å². The topological polar surface area (TPSA) is 89.3 Å². The summed E-state index contributed by atoms with van der Waals surface area (Å²) in [5.41, 5.74) is 1.46. The van der Waals surface area contributed by atoms with Gasteiger partial charge in [0.15, 0.2) is 0 Å². The van der Waals surface area contributed by atoms with Gasteiger partial charge in [0.2, 0.25) is 15.9 Å². The molecule has 0 unspecified atom stereocenters. The first-order valence-electron chi connectivity index (χ1n) is 7.29. The van der Waals surface area contributed by atoms with Gasteiger partial charge in [0, 0.05) is 28.2 Å². The summed E-state index contributed by atoms with van der Waals surface area (Å²) in [4.78, 5) is 11.9. The van der Waals surface area contributed by atoms with E-state index < -0.39 is 10.0 Å². The zero-order valence-electron chi connectivity index (χ0n) is 13.1. The summed E-state index contributed by atoms with van der Waals surface area (Å²) < 4.78 is 22.4. The highest BCUT2D eigenvalue weighted by Crippen LogP contribution is 2.25. The van der Waals surface area contributed by atoms with E-state index in [-0.39, 0.29) is 10.8 Å². The van der Waals surface area contributed by atoms with E-state index >= 15 is 0 Å². The molecule has 25 heavy (non-hydrogen) atoms. The molecule has 0 atom stereocenters. The van der Waals surface area contributed by atoms with Crippen LogP contribution in [0.5, 0.6) is 0 Å². The molecule has 2 aromatic rings. The molecule has 2 rings (SSSR count). The van der Waals surface area contributed by atoms with Crippen LogP contribution in [0, 0.1) is 0 Å². The molecule has 2 aromatic carbocycles. The van der Waals surface area contributed by atoms with Gasteiger partial charge in [-0.3, -0.25) is 4.79 Å². The number of primary sulfonamides is 1. The molecular formula is C17H16Cl2N2O3S. The van der Waals surface area contributed by atoms with Gasteiger partial charge in [-0.2, -0.15) is 0 Å². The lowest BCUT2D eigenvalue weighted by atomic mass is 10.1. The first-order chi connectivity index (χ1) is 11.8. The zero-order valence-corrected chi connectivity index (χ0v) is 15.4. The molecule has 0 bridgehead atoms. The SMILES string of the molecule is NS(=O)(=O)c1ccc(CCNC(=O)/C=C/c2c(Cl)cccc2Cl)cc1. The molecule has 8 heteroatoms. The molecule has 0 aliphatic heterocycles. The predicted octanol–water partition coefficient (Wildman–Crippen LogP) is 3.01. The zero-order chi connectivity index (χ0) is 18.4. The van der Waals surface area contributed by atoms with Crippen molar-refractivity contribution < 1.29 is 13.2 Å². The number of carbonyl (C=O) groups excluding carboxylic acids is 1. The third kappa shape index (κ3) is 5.86. The Labute approximate surface area is 156 Å². The molecule has 0 spiro atoms. The average molecular weight is 399 g/mol. The van der Waals surface area contributed by atoms with Gasteiger partial charge in [-0.15, -0.1) is 0 Å². The molecule has 0 saturated heterocycles. The fourth-order valence-electron chi connectivity index (χ4n) is 2.06. The maximum atomic E-state index is 11.8. The van der Waals surface area contributed by atoms with E-state index in [1.165, 1.54) is 18.2 Å². The monoisotopic (exact) mass is 398 g/mol. The van der Waals surface area contributed by atoms with Crippen LogP contribution in [0.3, 0.4) is 0 Å². The summed E-state index contributed by atoms with van der Waals surface area (Å²) in [5, 5.41) is 8.70. The summed E-state index contributed by atoms with van der Waals surface area (Å²) >= 11 is 12.0. The van der Waals surface area contributed by atoms with Crippen LogP contribution in [-0.4, -0.2) is 20.9 Å². The molecule has 0 saturated carbocycles. The van der Waals surface area contributed by atoms with E-state index in [1.54, 1.807) is 36.4 Å². The third-order valence-corrected chi connectivity index (χ3v) is 4.95. The number of nitrogens with one attached hydrogen (secondary N) is 1. The number of amides is 1. The minimum Gasteiger partial charge on any atom is -0.352 e. The predicted molar refractivity (Wildman–Crippen MR) is 100 cm³/mol. The first-order valence-corrected chi connectivity index (χ1v) is 9.59. The second kappa shape index (κ2) is 8.49. The van der Waals surface area contributed by atoms with Gasteiger partial charge in [-0.25, -0.2) is 13.6 Å². The van der Waals surface area contributed by atoms with Crippen molar-refractivity contribution in [1.82, 2.24) is 5.32 Å². The van der Waals surface area contributed by atoms with E-state index in [4.69, 9.17) is 28.3 Å². The molecule has 5 nitrogen and oxygen atoms in total. The minimum absolute atomic E-state index is 0.0554. The van der Waals surface area contributed by atoms with Crippen molar-refractivity contribution in [2.24, 2.45) is 5.14 Å². The molecule has 3 N–H and O–H groups in total. The first kappa shape index (κ1) is 19.5. The largest absolute Gasteiger partial charge is 0.352 e. The van der Waals surface area contributed by atoms with Crippen molar-refractivity contribution in [2.45, 2.75) is 11.3 Å². The number of hydrogen-bond acceptors (Lipinski definition) is 3. The summed E-state index contributed by atoms with van der Waals surface area (Å²) in [6.07, 6.45) is 3.47. The lowest BCUT2D eigenvalue weighted by Gasteiger charge is -2.04. The van der Waals surface area contributed by atoms with Crippen molar-refractivity contribution in [2.75, 3.05) is 6.54 Å². The Bertz CT molecular complexity index is 874. The average Bonchev–Trinajstić information content (AvgIpc) is 2.54.